The normalized spacial score (nSPS) is 10.9. The van der Waals surface area contributed by atoms with Gasteiger partial charge in [-0.3, -0.25) is 9.59 Å². The van der Waals surface area contributed by atoms with Crippen molar-refractivity contribution in [2.24, 2.45) is 5.73 Å². The van der Waals surface area contributed by atoms with E-state index in [1.54, 1.807) is 36.4 Å². The Balaban J connectivity index is 2.09. The van der Waals surface area contributed by atoms with Crippen LogP contribution in [-0.4, -0.2) is 30.0 Å². The van der Waals surface area contributed by atoms with Gasteiger partial charge in [-0.25, -0.2) is 0 Å². The zero-order valence-electron chi connectivity index (χ0n) is 14.0. The molecule has 3 aromatic rings. The maximum absolute atomic E-state index is 13.2. The number of carboxylic acid groups (broad SMARTS) is 1. The third-order valence-electron chi connectivity index (χ3n) is 3.83. The first-order chi connectivity index (χ1) is 12.9. The molecule has 3 rings (SSSR count). The quantitative estimate of drug-likeness (QED) is 0.320. The van der Waals surface area contributed by atoms with Gasteiger partial charge < -0.3 is 20.0 Å². The predicted molar refractivity (Wildman–Crippen MR) is 117 cm³/mol. The first-order valence-electron chi connectivity index (χ1n) is 8.01. The molecule has 6 nitrogen and oxygen atoms in total. The molecular weight excluding hydrogens is 576 g/mol. The molecule has 3 N–H and O–H groups in total. The Morgan fingerprint density at radius 3 is 2.44 bits per heavy atom. The number of ether oxygens (including phenoxy) is 1. The lowest BCUT2D eigenvalue weighted by Gasteiger charge is -2.11. The smallest absolute Gasteiger partial charge is 0.311 e. The van der Waals surface area contributed by atoms with E-state index >= 15 is 0 Å². The first-order valence-corrected chi connectivity index (χ1v) is 10.2. The Labute approximate surface area is 182 Å². The Morgan fingerprint density at radius 1 is 1.15 bits per heavy atom. The number of hydrogen-bond donors (Lipinski definition) is 2. The van der Waals surface area contributed by atoms with Gasteiger partial charge in [-0.05, 0) is 63.4 Å². The minimum absolute atomic E-state index is 0.155. The molecule has 0 bridgehead atoms. The zero-order valence-corrected chi connectivity index (χ0v) is 18.3. The van der Waals surface area contributed by atoms with Crippen LogP contribution in [0.3, 0.4) is 0 Å². The van der Waals surface area contributed by atoms with Crippen LogP contribution in [0.5, 0.6) is 5.75 Å². The summed E-state index contributed by atoms with van der Waals surface area (Å²) in [5, 5.41) is 9.78. The van der Waals surface area contributed by atoms with Crippen molar-refractivity contribution in [3.8, 4) is 5.75 Å². The summed E-state index contributed by atoms with van der Waals surface area (Å²) in [7, 11) is 0. The second-order valence-corrected chi connectivity index (χ2v) is 8.03. The topological polar surface area (TPSA) is 103 Å². The van der Waals surface area contributed by atoms with Gasteiger partial charge in [-0.15, -0.1) is 0 Å². The maximum atomic E-state index is 13.2. The fraction of sp³-hybridized carbons (Fsp3) is 0.158. The number of ketones is 1. The maximum Gasteiger partial charge on any atom is 0.311 e. The van der Waals surface area contributed by atoms with Crippen molar-refractivity contribution in [1.29, 1.82) is 0 Å². The number of aliphatic carboxylic acids is 1. The number of para-hydroxylation sites is 1. The van der Waals surface area contributed by atoms with Crippen molar-refractivity contribution >= 4 is 67.9 Å². The van der Waals surface area contributed by atoms with Crippen molar-refractivity contribution in [2.75, 3.05) is 13.2 Å². The van der Waals surface area contributed by atoms with Crippen molar-refractivity contribution in [1.82, 2.24) is 0 Å². The molecule has 0 saturated carbocycles. The highest BCUT2D eigenvalue weighted by atomic mass is 127. The summed E-state index contributed by atoms with van der Waals surface area (Å²) in [6.07, 6.45) is -0.359. The molecule has 0 aliphatic rings. The third kappa shape index (κ3) is 4.27. The molecule has 0 aliphatic heterocycles. The van der Waals surface area contributed by atoms with Gasteiger partial charge in [-0.1, -0.05) is 18.2 Å². The van der Waals surface area contributed by atoms with E-state index in [-0.39, 0.29) is 23.5 Å². The second-order valence-electron chi connectivity index (χ2n) is 5.70. The zero-order chi connectivity index (χ0) is 19.6. The molecule has 2 aromatic carbocycles. The average molecular weight is 591 g/mol. The lowest BCUT2D eigenvalue weighted by atomic mass is 9.99. The van der Waals surface area contributed by atoms with E-state index in [0.717, 1.165) is 7.14 Å². The number of hydrogen-bond acceptors (Lipinski definition) is 5. The lowest BCUT2D eigenvalue weighted by molar-refractivity contribution is -0.136. The SMILES string of the molecule is NCCOc1c(I)cc(C(=O)c2c(CC(=O)O)oc3ccccc23)cc1I. The van der Waals surface area contributed by atoms with Crippen molar-refractivity contribution in [3.63, 3.8) is 0 Å². The second kappa shape index (κ2) is 8.57. The predicted octanol–water partition coefficient (Wildman–Crippen LogP) is 3.84. The summed E-state index contributed by atoms with van der Waals surface area (Å²) in [4.78, 5) is 24.4. The van der Waals surface area contributed by atoms with Crippen LogP contribution in [0.15, 0.2) is 40.8 Å². The molecular formula is C19H15I2NO5. The van der Waals surface area contributed by atoms with E-state index in [0.29, 0.717) is 35.4 Å². The first kappa shape index (κ1) is 20.1. The highest BCUT2D eigenvalue weighted by Crippen LogP contribution is 2.33. The van der Waals surface area contributed by atoms with Crippen molar-refractivity contribution in [2.45, 2.75) is 6.42 Å². The number of fused-ring (bicyclic) bond motifs is 1. The van der Waals surface area contributed by atoms with Crippen LogP contribution in [0.1, 0.15) is 21.7 Å². The number of benzene rings is 2. The molecule has 140 valence electrons. The largest absolute Gasteiger partial charge is 0.490 e. The molecule has 0 atom stereocenters. The summed E-state index contributed by atoms with van der Waals surface area (Å²) in [6, 6.07) is 10.5. The van der Waals surface area contributed by atoms with Gasteiger partial charge in [0.25, 0.3) is 0 Å². The number of nitrogens with two attached hydrogens (primary N) is 1. The van der Waals surface area contributed by atoms with Crippen molar-refractivity contribution in [3.05, 3.63) is 60.4 Å². The Kier molecular flexibility index (Phi) is 6.37. The summed E-state index contributed by atoms with van der Waals surface area (Å²) < 4.78 is 12.8. The molecule has 0 spiro atoms. The molecule has 27 heavy (non-hydrogen) atoms. The van der Waals surface area contributed by atoms with Crippen LogP contribution < -0.4 is 10.5 Å². The summed E-state index contributed by atoms with van der Waals surface area (Å²) >= 11 is 4.22. The van der Waals surface area contributed by atoms with Crippen LogP contribution in [-0.2, 0) is 11.2 Å². The monoisotopic (exact) mass is 591 g/mol. The van der Waals surface area contributed by atoms with E-state index in [1.165, 1.54) is 0 Å². The van der Waals surface area contributed by atoms with Gasteiger partial charge in [0.1, 0.15) is 30.1 Å². The average Bonchev–Trinajstić information content (AvgIpc) is 2.97. The van der Waals surface area contributed by atoms with E-state index < -0.39 is 5.97 Å². The number of carboxylic acids is 1. The molecule has 0 saturated heterocycles. The fourth-order valence-electron chi connectivity index (χ4n) is 2.74. The summed E-state index contributed by atoms with van der Waals surface area (Å²) in [5.41, 5.74) is 6.71. The van der Waals surface area contributed by atoms with E-state index in [1.807, 2.05) is 0 Å². The molecule has 1 aromatic heterocycles. The van der Waals surface area contributed by atoms with Gasteiger partial charge >= 0.3 is 5.97 Å². The van der Waals surface area contributed by atoms with Crippen LogP contribution in [0, 0.1) is 7.14 Å². The highest BCUT2D eigenvalue weighted by Gasteiger charge is 2.24. The van der Waals surface area contributed by atoms with E-state index in [4.69, 9.17) is 14.9 Å². The van der Waals surface area contributed by atoms with E-state index in [2.05, 4.69) is 45.2 Å². The van der Waals surface area contributed by atoms with Crippen LogP contribution in [0.2, 0.25) is 0 Å². The standard InChI is InChI=1S/C19H15I2NO5/c20-12-7-10(8-13(21)19(12)26-6-5-22)18(25)17-11-3-1-2-4-14(11)27-15(17)9-16(23)24/h1-4,7-8H,5-6,9,22H2,(H,23,24). The Hall–Kier alpha value is -1.66. The number of carbonyl (C=O) groups excluding carboxylic acids is 1. The van der Waals surface area contributed by atoms with Crippen LogP contribution in [0.4, 0.5) is 0 Å². The molecule has 1 heterocycles. The molecule has 8 heteroatoms. The van der Waals surface area contributed by atoms with Gasteiger partial charge in [0.05, 0.1) is 12.7 Å². The van der Waals surface area contributed by atoms with Gasteiger partial charge in [0.2, 0.25) is 0 Å². The lowest BCUT2D eigenvalue weighted by Crippen LogP contribution is -2.13. The minimum Gasteiger partial charge on any atom is -0.490 e. The molecule has 0 fully saturated rings. The highest BCUT2D eigenvalue weighted by molar-refractivity contribution is 14.1. The van der Waals surface area contributed by atoms with Crippen LogP contribution in [0.25, 0.3) is 11.0 Å². The summed E-state index contributed by atoms with van der Waals surface area (Å²) in [5.74, 6) is -0.501. The van der Waals surface area contributed by atoms with Gasteiger partial charge in [0.15, 0.2) is 5.78 Å². The number of halogens is 2. The molecule has 0 radical (unpaired) electrons. The third-order valence-corrected chi connectivity index (χ3v) is 5.43. The summed E-state index contributed by atoms with van der Waals surface area (Å²) in [6.45, 7) is 0.779. The number of rotatable bonds is 7. The number of carbonyl (C=O) groups is 2. The molecule has 0 amide bonds. The Morgan fingerprint density at radius 2 is 1.81 bits per heavy atom. The number of furan rings is 1. The minimum atomic E-state index is -1.06. The molecule has 0 unspecified atom stereocenters. The van der Waals surface area contributed by atoms with Crippen LogP contribution >= 0.6 is 45.2 Å². The Bertz CT molecular complexity index is 1010. The fourth-order valence-corrected chi connectivity index (χ4v) is 4.82. The van der Waals surface area contributed by atoms with Gasteiger partial charge in [0, 0.05) is 17.5 Å². The molecule has 0 aliphatic carbocycles. The van der Waals surface area contributed by atoms with Crippen molar-refractivity contribution < 1.29 is 23.8 Å². The van der Waals surface area contributed by atoms with E-state index in [9.17, 15) is 14.7 Å². The van der Waals surface area contributed by atoms with Gasteiger partial charge in [-0.2, -0.15) is 0 Å².